The van der Waals surface area contributed by atoms with Gasteiger partial charge >= 0.3 is 18.3 Å². The first-order chi connectivity index (χ1) is 6.94. The van der Waals surface area contributed by atoms with Crippen LogP contribution in [0.2, 0.25) is 0 Å². The van der Waals surface area contributed by atoms with Crippen LogP contribution in [0.25, 0.3) is 0 Å². The van der Waals surface area contributed by atoms with Gasteiger partial charge in [0.05, 0.1) is 11.9 Å². The normalized spacial score (nSPS) is 11.5. The molecule has 1 heterocycles. The summed E-state index contributed by atoms with van der Waals surface area (Å²) in [5.41, 5.74) is -0.0668. The highest BCUT2D eigenvalue weighted by Gasteiger charge is 2.48. The summed E-state index contributed by atoms with van der Waals surface area (Å²) in [5.74, 6) is -6.75. The van der Waals surface area contributed by atoms with Gasteiger partial charge in [-0.3, -0.25) is 9.78 Å². The minimum atomic E-state index is -4.70. The highest BCUT2D eigenvalue weighted by atomic mass is 19.3. The Kier molecular flexibility index (Phi) is 3.23. The SMILES string of the molecule is O=C(Nc1cccnc1)C(F)(F)C(F)F. The van der Waals surface area contributed by atoms with E-state index in [1.165, 1.54) is 18.3 Å². The van der Waals surface area contributed by atoms with Gasteiger partial charge in [0.15, 0.2) is 0 Å². The van der Waals surface area contributed by atoms with Crippen LogP contribution in [0, 0.1) is 0 Å². The Balaban J connectivity index is 2.72. The van der Waals surface area contributed by atoms with E-state index in [0.29, 0.717) is 0 Å². The summed E-state index contributed by atoms with van der Waals surface area (Å²) in [5, 5.41) is 1.63. The van der Waals surface area contributed by atoms with Gasteiger partial charge in [-0.1, -0.05) is 0 Å². The zero-order chi connectivity index (χ0) is 11.5. The number of nitrogens with zero attached hydrogens (tertiary/aromatic N) is 1. The van der Waals surface area contributed by atoms with E-state index in [1.54, 1.807) is 5.32 Å². The summed E-state index contributed by atoms with van der Waals surface area (Å²) in [4.78, 5) is 14.2. The molecule has 7 heteroatoms. The van der Waals surface area contributed by atoms with Gasteiger partial charge in [0.25, 0.3) is 0 Å². The molecule has 0 aliphatic heterocycles. The van der Waals surface area contributed by atoms with Crippen molar-refractivity contribution in [1.82, 2.24) is 4.98 Å². The van der Waals surface area contributed by atoms with Crippen molar-refractivity contribution in [3.63, 3.8) is 0 Å². The Labute approximate surface area is 82.1 Å². The van der Waals surface area contributed by atoms with E-state index in [2.05, 4.69) is 4.98 Å². The van der Waals surface area contributed by atoms with Crippen molar-refractivity contribution in [2.75, 3.05) is 5.32 Å². The highest BCUT2D eigenvalue weighted by Crippen LogP contribution is 2.24. The number of carbonyl (C=O) groups is 1. The molecule has 1 amide bonds. The fourth-order valence-electron chi connectivity index (χ4n) is 0.750. The van der Waals surface area contributed by atoms with Crippen molar-refractivity contribution < 1.29 is 22.4 Å². The van der Waals surface area contributed by atoms with Crippen LogP contribution in [-0.2, 0) is 4.79 Å². The van der Waals surface area contributed by atoms with Gasteiger partial charge in [0.2, 0.25) is 0 Å². The van der Waals surface area contributed by atoms with Gasteiger partial charge in [-0.25, -0.2) is 8.78 Å². The lowest BCUT2D eigenvalue weighted by atomic mass is 10.3. The van der Waals surface area contributed by atoms with E-state index >= 15 is 0 Å². The number of amides is 1. The maximum Gasteiger partial charge on any atom is 0.383 e. The molecular formula is C8H6F4N2O. The Morgan fingerprint density at radius 2 is 2.13 bits per heavy atom. The van der Waals surface area contributed by atoms with Crippen molar-refractivity contribution >= 4 is 11.6 Å². The number of rotatable bonds is 3. The molecular weight excluding hydrogens is 216 g/mol. The molecule has 0 saturated carbocycles. The third kappa shape index (κ3) is 2.64. The quantitative estimate of drug-likeness (QED) is 0.794. The van der Waals surface area contributed by atoms with E-state index < -0.39 is 18.3 Å². The van der Waals surface area contributed by atoms with Gasteiger partial charge in [-0.15, -0.1) is 0 Å². The number of hydrogen-bond acceptors (Lipinski definition) is 2. The lowest BCUT2D eigenvalue weighted by Crippen LogP contribution is -2.40. The molecule has 0 fully saturated rings. The minimum Gasteiger partial charge on any atom is -0.319 e. The van der Waals surface area contributed by atoms with Crippen LogP contribution in [0.15, 0.2) is 24.5 Å². The van der Waals surface area contributed by atoms with E-state index in [1.807, 2.05) is 0 Å². The van der Waals surface area contributed by atoms with Crippen LogP contribution >= 0.6 is 0 Å². The van der Waals surface area contributed by atoms with Crippen LogP contribution < -0.4 is 5.32 Å². The molecule has 1 rings (SSSR count). The minimum absolute atomic E-state index is 0.0668. The van der Waals surface area contributed by atoms with Crippen molar-refractivity contribution in [3.8, 4) is 0 Å². The fraction of sp³-hybridized carbons (Fsp3) is 0.250. The van der Waals surface area contributed by atoms with Crippen LogP contribution in [0.1, 0.15) is 0 Å². The van der Waals surface area contributed by atoms with Gasteiger partial charge in [0.1, 0.15) is 0 Å². The molecule has 0 unspecified atom stereocenters. The molecule has 1 aromatic rings. The number of hydrogen-bond donors (Lipinski definition) is 1. The lowest BCUT2D eigenvalue weighted by Gasteiger charge is -2.14. The second kappa shape index (κ2) is 4.24. The summed E-state index contributed by atoms with van der Waals surface area (Å²) in [7, 11) is 0. The fourth-order valence-corrected chi connectivity index (χ4v) is 0.750. The molecule has 0 radical (unpaired) electrons. The molecule has 0 aromatic carbocycles. The molecule has 0 atom stereocenters. The summed E-state index contributed by atoms with van der Waals surface area (Å²) in [6.45, 7) is 0. The molecule has 0 saturated heterocycles. The van der Waals surface area contributed by atoms with Crippen molar-refractivity contribution in [2.24, 2.45) is 0 Å². The van der Waals surface area contributed by atoms with Crippen LogP contribution in [0.3, 0.4) is 0 Å². The first kappa shape index (κ1) is 11.4. The molecule has 0 aliphatic rings. The number of halogens is 4. The predicted molar refractivity (Wildman–Crippen MR) is 43.8 cm³/mol. The standard InChI is InChI=1S/C8H6F4N2O/c9-6(10)8(11,12)7(15)14-5-2-1-3-13-4-5/h1-4,6H,(H,14,15). The second-order valence-electron chi connectivity index (χ2n) is 2.62. The molecule has 15 heavy (non-hydrogen) atoms. The highest BCUT2D eigenvalue weighted by molar-refractivity contribution is 5.96. The predicted octanol–water partition coefficient (Wildman–Crippen LogP) is 1.92. The molecule has 1 aromatic heterocycles. The first-order valence-electron chi connectivity index (χ1n) is 3.82. The summed E-state index contributed by atoms with van der Waals surface area (Å²) < 4.78 is 48.4. The molecule has 82 valence electrons. The monoisotopic (exact) mass is 222 g/mol. The molecule has 3 nitrogen and oxygen atoms in total. The zero-order valence-electron chi connectivity index (χ0n) is 7.25. The largest absolute Gasteiger partial charge is 0.383 e. The van der Waals surface area contributed by atoms with Crippen molar-refractivity contribution in [3.05, 3.63) is 24.5 Å². The van der Waals surface area contributed by atoms with Crippen LogP contribution in [-0.4, -0.2) is 23.2 Å². The van der Waals surface area contributed by atoms with E-state index in [0.717, 1.165) is 6.20 Å². The number of carbonyl (C=O) groups excluding carboxylic acids is 1. The van der Waals surface area contributed by atoms with Gasteiger partial charge < -0.3 is 5.32 Å². The molecule has 0 bridgehead atoms. The Hall–Kier alpha value is -1.66. The number of pyridine rings is 1. The van der Waals surface area contributed by atoms with Gasteiger partial charge in [-0.2, -0.15) is 8.78 Å². The summed E-state index contributed by atoms with van der Waals surface area (Å²) in [6, 6.07) is 2.63. The maximum absolute atomic E-state index is 12.4. The smallest absolute Gasteiger partial charge is 0.319 e. The number of alkyl halides is 4. The molecule has 0 aliphatic carbocycles. The van der Waals surface area contributed by atoms with Crippen LogP contribution in [0.4, 0.5) is 23.2 Å². The average molecular weight is 222 g/mol. The summed E-state index contributed by atoms with van der Waals surface area (Å²) >= 11 is 0. The molecule has 0 spiro atoms. The number of anilines is 1. The maximum atomic E-state index is 12.4. The third-order valence-corrected chi connectivity index (χ3v) is 1.50. The number of aromatic nitrogens is 1. The Bertz CT molecular complexity index is 342. The van der Waals surface area contributed by atoms with Crippen LogP contribution in [0.5, 0.6) is 0 Å². The van der Waals surface area contributed by atoms with Gasteiger partial charge in [-0.05, 0) is 12.1 Å². The third-order valence-electron chi connectivity index (χ3n) is 1.50. The zero-order valence-corrected chi connectivity index (χ0v) is 7.25. The van der Waals surface area contributed by atoms with E-state index in [-0.39, 0.29) is 5.69 Å². The van der Waals surface area contributed by atoms with E-state index in [4.69, 9.17) is 0 Å². The molecule has 1 N–H and O–H groups in total. The second-order valence-corrected chi connectivity index (χ2v) is 2.62. The Morgan fingerprint density at radius 3 is 2.60 bits per heavy atom. The Morgan fingerprint density at radius 1 is 1.47 bits per heavy atom. The lowest BCUT2D eigenvalue weighted by molar-refractivity contribution is -0.163. The topological polar surface area (TPSA) is 42.0 Å². The first-order valence-corrected chi connectivity index (χ1v) is 3.82. The summed E-state index contributed by atoms with van der Waals surface area (Å²) in [6.07, 6.45) is -1.62. The van der Waals surface area contributed by atoms with Crippen molar-refractivity contribution in [2.45, 2.75) is 12.3 Å². The van der Waals surface area contributed by atoms with E-state index in [9.17, 15) is 22.4 Å². The number of nitrogens with one attached hydrogen (secondary N) is 1. The van der Waals surface area contributed by atoms with Gasteiger partial charge in [0, 0.05) is 6.20 Å². The average Bonchev–Trinajstić information content (AvgIpc) is 2.18. The van der Waals surface area contributed by atoms with Crippen molar-refractivity contribution in [1.29, 1.82) is 0 Å².